The van der Waals surface area contributed by atoms with E-state index in [-0.39, 0.29) is 11.9 Å². The highest BCUT2D eigenvalue weighted by Gasteiger charge is 2.13. The number of hydrogen-bond acceptors (Lipinski definition) is 5. The maximum atomic E-state index is 12.6. The summed E-state index contributed by atoms with van der Waals surface area (Å²) in [5.74, 6) is 0.568. The number of carbonyl (C=O) groups is 1. The Balaban J connectivity index is 1.42. The second-order valence-corrected chi connectivity index (χ2v) is 6.39. The molecule has 7 heteroatoms. The summed E-state index contributed by atoms with van der Waals surface area (Å²) < 4.78 is 7.53. The van der Waals surface area contributed by atoms with Crippen molar-refractivity contribution in [3.63, 3.8) is 0 Å². The average molecular weight is 373 g/mol. The van der Waals surface area contributed by atoms with Gasteiger partial charge in [0.05, 0.1) is 17.3 Å². The highest BCUT2D eigenvalue weighted by atomic mass is 16.5. The van der Waals surface area contributed by atoms with Gasteiger partial charge in [-0.2, -0.15) is 0 Å². The zero-order valence-electron chi connectivity index (χ0n) is 15.3. The van der Waals surface area contributed by atoms with Gasteiger partial charge < -0.3 is 10.1 Å². The van der Waals surface area contributed by atoms with E-state index in [0.717, 1.165) is 17.0 Å². The number of pyridine rings is 2. The van der Waals surface area contributed by atoms with Gasteiger partial charge in [0.2, 0.25) is 0 Å². The molecule has 0 spiro atoms. The predicted octanol–water partition coefficient (Wildman–Crippen LogP) is 3.19. The summed E-state index contributed by atoms with van der Waals surface area (Å²) in [6.07, 6.45) is 5.02. The first-order valence-corrected chi connectivity index (χ1v) is 8.92. The zero-order valence-corrected chi connectivity index (χ0v) is 15.3. The smallest absolute Gasteiger partial charge is 0.253 e. The van der Waals surface area contributed by atoms with Crippen molar-refractivity contribution in [3.05, 3.63) is 90.1 Å². The molecule has 1 amide bonds. The van der Waals surface area contributed by atoms with E-state index in [9.17, 15) is 4.79 Å². The third-order valence-corrected chi connectivity index (χ3v) is 4.37. The molecule has 0 aliphatic heterocycles. The number of rotatable bonds is 6. The van der Waals surface area contributed by atoms with Crippen molar-refractivity contribution in [1.82, 2.24) is 24.9 Å². The number of nitrogens with one attached hydrogen (secondary N) is 1. The van der Waals surface area contributed by atoms with Crippen LogP contribution in [0.2, 0.25) is 0 Å². The lowest BCUT2D eigenvalue weighted by Gasteiger charge is -2.16. The summed E-state index contributed by atoms with van der Waals surface area (Å²) in [5, 5.41) is 10.8. The van der Waals surface area contributed by atoms with Crippen LogP contribution in [0.3, 0.4) is 0 Å². The first-order chi connectivity index (χ1) is 13.7. The normalized spacial score (nSPS) is 11.9. The van der Waals surface area contributed by atoms with Crippen LogP contribution >= 0.6 is 0 Å². The molecule has 1 atom stereocenters. The maximum absolute atomic E-state index is 12.6. The van der Waals surface area contributed by atoms with E-state index in [0.29, 0.717) is 17.8 Å². The number of amides is 1. The van der Waals surface area contributed by atoms with Crippen molar-refractivity contribution >= 4 is 11.6 Å². The molecule has 4 aromatic rings. The van der Waals surface area contributed by atoms with E-state index in [4.69, 9.17) is 4.74 Å². The zero-order chi connectivity index (χ0) is 19.3. The van der Waals surface area contributed by atoms with E-state index in [1.807, 2.05) is 49.4 Å². The molecular weight excluding hydrogens is 354 g/mol. The largest absolute Gasteiger partial charge is 0.487 e. The molecular formula is C21H19N5O2. The van der Waals surface area contributed by atoms with Gasteiger partial charge >= 0.3 is 0 Å². The van der Waals surface area contributed by atoms with E-state index < -0.39 is 0 Å². The lowest BCUT2D eigenvalue weighted by Crippen LogP contribution is -2.26. The molecule has 0 aliphatic rings. The number of nitrogens with zero attached hydrogens (tertiary/aromatic N) is 4. The van der Waals surface area contributed by atoms with Crippen molar-refractivity contribution in [3.8, 4) is 5.75 Å². The van der Waals surface area contributed by atoms with Crippen LogP contribution in [0.1, 0.15) is 34.6 Å². The molecule has 140 valence electrons. The summed E-state index contributed by atoms with van der Waals surface area (Å²) in [5.41, 5.74) is 3.06. The second-order valence-electron chi connectivity index (χ2n) is 6.39. The van der Waals surface area contributed by atoms with Crippen LogP contribution in [0, 0.1) is 0 Å². The van der Waals surface area contributed by atoms with E-state index in [1.165, 1.54) is 0 Å². The van der Waals surface area contributed by atoms with Crippen molar-refractivity contribution in [2.24, 2.45) is 0 Å². The molecule has 4 rings (SSSR count). The van der Waals surface area contributed by atoms with Gasteiger partial charge in [0.25, 0.3) is 5.91 Å². The van der Waals surface area contributed by atoms with Gasteiger partial charge in [-0.3, -0.25) is 14.2 Å². The van der Waals surface area contributed by atoms with Crippen LogP contribution in [0.25, 0.3) is 5.65 Å². The van der Waals surface area contributed by atoms with E-state index in [1.54, 1.807) is 35.3 Å². The minimum atomic E-state index is -0.178. The van der Waals surface area contributed by atoms with Crippen molar-refractivity contribution in [1.29, 1.82) is 0 Å². The molecule has 0 saturated heterocycles. The van der Waals surface area contributed by atoms with Gasteiger partial charge in [0, 0.05) is 12.4 Å². The lowest BCUT2D eigenvalue weighted by atomic mass is 10.1. The third-order valence-electron chi connectivity index (χ3n) is 4.37. The number of hydrogen-bond donors (Lipinski definition) is 1. The Morgan fingerprint density at radius 1 is 1.18 bits per heavy atom. The van der Waals surface area contributed by atoms with Crippen LogP contribution in [-0.2, 0) is 6.61 Å². The van der Waals surface area contributed by atoms with E-state index in [2.05, 4.69) is 20.5 Å². The topological polar surface area (TPSA) is 81.4 Å². The first kappa shape index (κ1) is 17.7. The fourth-order valence-corrected chi connectivity index (χ4v) is 2.84. The lowest BCUT2D eigenvalue weighted by molar-refractivity contribution is 0.0939. The van der Waals surface area contributed by atoms with E-state index >= 15 is 0 Å². The second kappa shape index (κ2) is 7.87. The van der Waals surface area contributed by atoms with Crippen LogP contribution in [0.4, 0.5) is 0 Å². The third kappa shape index (κ3) is 3.98. The summed E-state index contributed by atoms with van der Waals surface area (Å²) in [7, 11) is 0. The van der Waals surface area contributed by atoms with Gasteiger partial charge in [0.15, 0.2) is 5.65 Å². The molecule has 3 aromatic heterocycles. The molecule has 0 fully saturated rings. The van der Waals surface area contributed by atoms with Crippen LogP contribution in [-0.4, -0.2) is 25.5 Å². The van der Waals surface area contributed by atoms with Crippen molar-refractivity contribution in [2.75, 3.05) is 0 Å². The Hall–Kier alpha value is -3.74. The quantitative estimate of drug-likeness (QED) is 0.561. The maximum Gasteiger partial charge on any atom is 0.253 e. The predicted molar refractivity (Wildman–Crippen MR) is 104 cm³/mol. The Labute approximate surface area is 162 Å². The molecule has 0 radical (unpaired) electrons. The molecule has 7 nitrogen and oxygen atoms in total. The summed E-state index contributed by atoms with van der Waals surface area (Å²) in [6.45, 7) is 2.33. The summed E-state index contributed by atoms with van der Waals surface area (Å²) in [6, 6.07) is 16.7. The van der Waals surface area contributed by atoms with Gasteiger partial charge in [-0.25, -0.2) is 0 Å². The fourth-order valence-electron chi connectivity index (χ4n) is 2.84. The highest BCUT2D eigenvalue weighted by Crippen LogP contribution is 2.20. The first-order valence-electron chi connectivity index (χ1n) is 8.92. The Kier molecular flexibility index (Phi) is 4.97. The van der Waals surface area contributed by atoms with Crippen LogP contribution in [0.5, 0.6) is 5.75 Å². The number of carbonyl (C=O) groups excluding carboxylic acids is 1. The van der Waals surface area contributed by atoms with Crippen molar-refractivity contribution < 1.29 is 9.53 Å². The van der Waals surface area contributed by atoms with Gasteiger partial charge in [-0.15, -0.1) is 10.2 Å². The van der Waals surface area contributed by atoms with Crippen LogP contribution < -0.4 is 10.1 Å². The SMILES string of the molecule is CC(NC(=O)c1ccc2nncn2c1)c1cccc(OCc2ccccn2)c1. The highest BCUT2D eigenvalue weighted by molar-refractivity contribution is 5.94. The number of benzene rings is 1. The van der Waals surface area contributed by atoms with Gasteiger partial charge in [-0.1, -0.05) is 18.2 Å². The molecule has 1 unspecified atom stereocenters. The average Bonchev–Trinajstić information content (AvgIpc) is 3.21. The van der Waals surface area contributed by atoms with Gasteiger partial charge in [-0.05, 0) is 48.9 Å². The summed E-state index contributed by atoms with van der Waals surface area (Å²) >= 11 is 0. The molecule has 28 heavy (non-hydrogen) atoms. The molecule has 0 bridgehead atoms. The monoisotopic (exact) mass is 373 g/mol. The Bertz CT molecular complexity index is 1090. The Morgan fingerprint density at radius 3 is 2.96 bits per heavy atom. The minimum Gasteiger partial charge on any atom is -0.487 e. The Morgan fingerprint density at radius 2 is 2.11 bits per heavy atom. The molecule has 3 heterocycles. The van der Waals surface area contributed by atoms with Crippen LogP contribution in [0.15, 0.2) is 73.3 Å². The molecule has 1 N–H and O–H groups in total. The number of ether oxygens (including phenoxy) is 1. The standard InChI is InChI=1S/C21H19N5O2/c1-15(24-21(27)17-8-9-20-25-23-14-26(20)12-17)16-5-4-7-19(11-16)28-13-18-6-2-3-10-22-18/h2-12,14-15H,13H2,1H3,(H,24,27). The fraction of sp³-hybridized carbons (Fsp3) is 0.143. The number of fused-ring (bicyclic) bond motifs is 1. The minimum absolute atomic E-state index is 0.164. The van der Waals surface area contributed by atoms with Gasteiger partial charge in [0.1, 0.15) is 18.7 Å². The molecule has 0 aliphatic carbocycles. The molecule has 0 saturated carbocycles. The molecule has 1 aromatic carbocycles. The number of aromatic nitrogens is 4. The summed E-state index contributed by atoms with van der Waals surface area (Å²) in [4.78, 5) is 16.8. The van der Waals surface area contributed by atoms with Crippen molar-refractivity contribution in [2.45, 2.75) is 19.6 Å².